The van der Waals surface area contributed by atoms with E-state index in [2.05, 4.69) is 24.2 Å². The summed E-state index contributed by atoms with van der Waals surface area (Å²) in [5.41, 5.74) is 2.15. The first-order valence-corrected chi connectivity index (χ1v) is 5.43. The van der Waals surface area contributed by atoms with Crippen LogP contribution in [-0.2, 0) is 4.79 Å². The van der Waals surface area contributed by atoms with E-state index in [4.69, 9.17) is 5.84 Å². The first kappa shape index (κ1) is 10.8. The van der Waals surface area contributed by atoms with E-state index in [-0.39, 0.29) is 5.91 Å². The van der Waals surface area contributed by atoms with Crippen LogP contribution < -0.4 is 11.3 Å². The van der Waals surface area contributed by atoms with Crippen LogP contribution in [0.15, 0.2) is 0 Å². The molecular formula is C8H17N3OS. The molecule has 0 aromatic rings. The molecule has 2 atom stereocenters. The Kier molecular flexibility index (Phi) is 4.02. The second-order valence-electron chi connectivity index (χ2n) is 3.52. The van der Waals surface area contributed by atoms with Crippen molar-refractivity contribution in [3.05, 3.63) is 0 Å². The van der Waals surface area contributed by atoms with Gasteiger partial charge in [-0.25, -0.2) is 5.84 Å². The van der Waals surface area contributed by atoms with E-state index >= 15 is 0 Å². The number of carbonyl (C=O) groups is 1. The van der Waals surface area contributed by atoms with E-state index in [1.165, 1.54) is 0 Å². The zero-order valence-corrected chi connectivity index (χ0v) is 8.93. The Balaban J connectivity index is 2.37. The van der Waals surface area contributed by atoms with Crippen molar-refractivity contribution in [2.75, 3.05) is 19.6 Å². The lowest BCUT2D eigenvalue weighted by Crippen LogP contribution is -2.47. The smallest absolute Gasteiger partial charge is 0.248 e. The van der Waals surface area contributed by atoms with Gasteiger partial charge in [-0.3, -0.25) is 15.1 Å². The maximum atomic E-state index is 11.0. The summed E-state index contributed by atoms with van der Waals surface area (Å²) in [5.74, 6) is 4.92. The molecule has 76 valence electrons. The maximum absolute atomic E-state index is 11.0. The van der Waals surface area contributed by atoms with Gasteiger partial charge >= 0.3 is 0 Å². The van der Waals surface area contributed by atoms with Crippen LogP contribution in [0, 0.1) is 0 Å². The third-order valence-electron chi connectivity index (χ3n) is 2.02. The van der Waals surface area contributed by atoms with Crippen LogP contribution in [0.5, 0.6) is 0 Å². The second-order valence-corrected chi connectivity index (χ2v) is 5.40. The number of nitrogens with two attached hydrogens (primary N) is 1. The van der Waals surface area contributed by atoms with Crippen LogP contribution in [0.25, 0.3) is 0 Å². The Morgan fingerprint density at radius 1 is 1.54 bits per heavy atom. The summed E-state index contributed by atoms with van der Waals surface area (Å²) >= 11 is 1.98. The first-order chi connectivity index (χ1) is 6.11. The van der Waals surface area contributed by atoms with Crippen molar-refractivity contribution in [3.63, 3.8) is 0 Å². The van der Waals surface area contributed by atoms with Gasteiger partial charge in [-0.05, 0) is 0 Å². The van der Waals surface area contributed by atoms with Crippen LogP contribution in [0.1, 0.15) is 13.8 Å². The molecule has 5 heteroatoms. The highest BCUT2D eigenvalue weighted by atomic mass is 32.2. The van der Waals surface area contributed by atoms with Crippen molar-refractivity contribution < 1.29 is 4.79 Å². The van der Waals surface area contributed by atoms with Gasteiger partial charge in [-0.1, -0.05) is 13.8 Å². The molecule has 0 aliphatic carbocycles. The van der Waals surface area contributed by atoms with Gasteiger partial charge < -0.3 is 0 Å². The molecule has 0 spiro atoms. The monoisotopic (exact) mass is 203 g/mol. The molecule has 0 aromatic carbocycles. The number of rotatable bonds is 2. The van der Waals surface area contributed by atoms with Crippen molar-refractivity contribution in [3.8, 4) is 0 Å². The summed E-state index contributed by atoms with van der Waals surface area (Å²) in [7, 11) is 0. The third kappa shape index (κ3) is 3.54. The highest BCUT2D eigenvalue weighted by molar-refractivity contribution is 8.00. The molecule has 0 saturated carbocycles. The number of hydrogen-bond acceptors (Lipinski definition) is 4. The maximum Gasteiger partial charge on any atom is 0.248 e. The van der Waals surface area contributed by atoms with Crippen molar-refractivity contribution >= 4 is 17.7 Å². The van der Waals surface area contributed by atoms with E-state index in [1.54, 1.807) is 0 Å². The van der Waals surface area contributed by atoms with Crippen molar-refractivity contribution in [2.45, 2.75) is 24.3 Å². The van der Waals surface area contributed by atoms with Crippen LogP contribution in [0.2, 0.25) is 0 Å². The molecule has 13 heavy (non-hydrogen) atoms. The third-order valence-corrected chi connectivity index (χ3v) is 3.25. The van der Waals surface area contributed by atoms with Gasteiger partial charge in [-0.2, -0.15) is 11.8 Å². The number of carbonyl (C=O) groups excluding carboxylic acids is 1. The second kappa shape index (κ2) is 4.83. The van der Waals surface area contributed by atoms with Gasteiger partial charge in [0, 0.05) is 23.6 Å². The number of hydrogen-bond donors (Lipinski definition) is 2. The highest BCUT2D eigenvalue weighted by Gasteiger charge is 2.23. The Morgan fingerprint density at radius 2 is 2.08 bits per heavy atom. The summed E-state index contributed by atoms with van der Waals surface area (Å²) in [6.45, 7) is 6.75. The Bertz CT molecular complexity index is 178. The summed E-state index contributed by atoms with van der Waals surface area (Å²) in [6.07, 6.45) is 0. The zero-order chi connectivity index (χ0) is 9.84. The first-order valence-electron chi connectivity index (χ1n) is 4.49. The highest BCUT2D eigenvalue weighted by Crippen LogP contribution is 2.24. The predicted octanol–water partition coefficient (Wildman–Crippen LogP) is -0.198. The summed E-state index contributed by atoms with van der Waals surface area (Å²) in [5, 5.41) is 1.21. The van der Waals surface area contributed by atoms with Gasteiger partial charge in [0.15, 0.2) is 0 Å². The minimum atomic E-state index is -0.105. The molecule has 1 rings (SSSR count). The van der Waals surface area contributed by atoms with Gasteiger partial charge in [0.2, 0.25) is 5.91 Å². The van der Waals surface area contributed by atoms with E-state index in [0.29, 0.717) is 17.0 Å². The van der Waals surface area contributed by atoms with Crippen molar-refractivity contribution in [2.24, 2.45) is 5.84 Å². The molecule has 1 aliphatic rings. The number of nitrogens with one attached hydrogen (secondary N) is 1. The Hall–Kier alpha value is -0.260. The van der Waals surface area contributed by atoms with Crippen LogP contribution in [-0.4, -0.2) is 40.9 Å². The van der Waals surface area contributed by atoms with Crippen molar-refractivity contribution in [1.82, 2.24) is 10.3 Å². The van der Waals surface area contributed by atoms with E-state index in [9.17, 15) is 4.79 Å². The molecule has 1 heterocycles. The molecule has 0 aromatic heterocycles. The van der Waals surface area contributed by atoms with Gasteiger partial charge in [0.1, 0.15) is 0 Å². The summed E-state index contributed by atoms with van der Waals surface area (Å²) in [4.78, 5) is 13.2. The van der Waals surface area contributed by atoms with E-state index in [0.717, 1.165) is 13.1 Å². The normalized spacial score (nSPS) is 30.1. The number of amides is 1. The standard InChI is InChI=1S/C8H17N3OS/c1-6-3-11(4-7(2)13-6)5-8(12)10-9/h6-7H,3-5,9H2,1-2H3,(H,10,12). The molecule has 2 unspecified atom stereocenters. The molecule has 4 nitrogen and oxygen atoms in total. The van der Waals surface area contributed by atoms with Crippen LogP contribution >= 0.6 is 11.8 Å². The fourth-order valence-electron chi connectivity index (χ4n) is 1.66. The molecule has 1 amide bonds. The quantitative estimate of drug-likeness (QED) is 0.371. The molecule has 0 radical (unpaired) electrons. The predicted molar refractivity (Wildman–Crippen MR) is 55.3 cm³/mol. The molecule has 1 fully saturated rings. The fraction of sp³-hybridized carbons (Fsp3) is 0.875. The largest absolute Gasteiger partial charge is 0.293 e. The topological polar surface area (TPSA) is 58.4 Å². The molecule has 0 bridgehead atoms. The van der Waals surface area contributed by atoms with Gasteiger partial charge in [0.05, 0.1) is 6.54 Å². The zero-order valence-electron chi connectivity index (χ0n) is 8.12. The summed E-state index contributed by atoms with van der Waals surface area (Å²) in [6, 6.07) is 0. The number of nitrogens with zero attached hydrogens (tertiary/aromatic N) is 1. The van der Waals surface area contributed by atoms with E-state index < -0.39 is 0 Å². The lowest BCUT2D eigenvalue weighted by molar-refractivity contribution is -0.122. The molecular weight excluding hydrogens is 186 g/mol. The average molecular weight is 203 g/mol. The Morgan fingerprint density at radius 3 is 2.54 bits per heavy atom. The molecule has 3 N–H and O–H groups in total. The molecule has 1 saturated heterocycles. The summed E-state index contributed by atoms with van der Waals surface area (Å²) < 4.78 is 0. The lowest BCUT2D eigenvalue weighted by Gasteiger charge is -2.33. The van der Waals surface area contributed by atoms with Crippen LogP contribution in [0.4, 0.5) is 0 Å². The minimum Gasteiger partial charge on any atom is -0.293 e. The van der Waals surface area contributed by atoms with Gasteiger partial charge in [0.25, 0.3) is 0 Å². The number of hydrazine groups is 1. The van der Waals surface area contributed by atoms with Crippen molar-refractivity contribution in [1.29, 1.82) is 0 Å². The SMILES string of the molecule is CC1CN(CC(=O)NN)CC(C)S1. The Labute approximate surface area is 83.2 Å². The van der Waals surface area contributed by atoms with Crippen LogP contribution in [0.3, 0.4) is 0 Å². The fourth-order valence-corrected chi connectivity index (χ4v) is 3.05. The number of thioether (sulfide) groups is 1. The minimum absolute atomic E-state index is 0.105. The van der Waals surface area contributed by atoms with E-state index in [1.807, 2.05) is 11.8 Å². The molecule has 1 aliphatic heterocycles. The average Bonchev–Trinajstić information content (AvgIpc) is 2.02. The van der Waals surface area contributed by atoms with Gasteiger partial charge in [-0.15, -0.1) is 0 Å². The lowest BCUT2D eigenvalue weighted by atomic mass is 10.3.